The fourth-order valence-corrected chi connectivity index (χ4v) is 3.63. The number of carbonyl (C=O) groups excluding carboxylic acids is 1. The Morgan fingerprint density at radius 2 is 1.47 bits per heavy atom. The molecular formula is C24H26N2O3S. The highest BCUT2D eigenvalue weighted by molar-refractivity contribution is 7.88. The van der Waals surface area contributed by atoms with Crippen LogP contribution in [-0.2, 0) is 16.4 Å². The lowest BCUT2D eigenvalue weighted by Crippen LogP contribution is -2.26. The third kappa shape index (κ3) is 6.27. The van der Waals surface area contributed by atoms with Crippen LogP contribution in [0.15, 0.2) is 78.9 Å². The smallest absolute Gasteiger partial charge is 0.251 e. The standard InChI is InChI=1S/C24H26N2O3S/c1-18(20-12-14-22(15-13-20)21-6-4-3-5-7-21)26-24(27)23-10-8-19(9-11-23)16-17-25-30(2,28)29/h3-15,18,25H,16-17H2,1-2H3,(H,26,27)/t18-/m1/s1. The summed E-state index contributed by atoms with van der Waals surface area (Å²) in [6.45, 7) is 2.29. The zero-order chi connectivity index (χ0) is 21.6. The maximum absolute atomic E-state index is 12.6. The van der Waals surface area contributed by atoms with Crippen LogP contribution in [0.2, 0.25) is 0 Å². The first kappa shape index (κ1) is 21.7. The number of carbonyl (C=O) groups is 1. The third-order valence-corrected chi connectivity index (χ3v) is 5.59. The van der Waals surface area contributed by atoms with Crippen molar-refractivity contribution in [3.8, 4) is 11.1 Å². The van der Waals surface area contributed by atoms with Gasteiger partial charge in [-0.3, -0.25) is 4.79 Å². The molecule has 0 heterocycles. The number of hydrogen-bond donors (Lipinski definition) is 2. The summed E-state index contributed by atoms with van der Waals surface area (Å²) in [6.07, 6.45) is 1.70. The van der Waals surface area contributed by atoms with Crippen molar-refractivity contribution in [3.63, 3.8) is 0 Å². The van der Waals surface area contributed by atoms with Crippen LogP contribution in [0, 0.1) is 0 Å². The molecule has 0 aliphatic heterocycles. The van der Waals surface area contributed by atoms with Crippen LogP contribution in [0.5, 0.6) is 0 Å². The molecule has 0 saturated heterocycles. The number of rotatable bonds is 8. The summed E-state index contributed by atoms with van der Waals surface area (Å²) in [7, 11) is -3.19. The first-order chi connectivity index (χ1) is 14.3. The molecule has 3 aromatic carbocycles. The molecule has 0 unspecified atom stereocenters. The highest BCUT2D eigenvalue weighted by Crippen LogP contribution is 2.22. The predicted octanol–water partition coefficient (Wildman–Crippen LogP) is 3.94. The molecule has 30 heavy (non-hydrogen) atoms. The van der Waals surface area contributed by atoms with Crippen LogP contribution < -0.4 is 10.0 Å². The molecule has 6 heteroatoms. The normalized spacial score (nSPS) is 12.3. The van der Waals surface area contributed by atoms with Gasteiger partial charge in [-0.2, -0.15) is 0 Å². The summed E-state index contributed by atoms with van der Waals surface area (Å²) < 4.78 is 24.7. The van der Waals surface area contributed by atoms with Crippen LogP contribution in [0.25, 0.3) is 11.1 Å². The lowest BCUT2D eigenvalue weighted by atomic mass is 10.0. The van der Waals surface area contributed by atoms with E-state index in [2.05, 4.69) is 34.3 Å². The molecule has 0 bridgehead atoms. The Morgan fingerprint density at radius 3 is 2.07 bits per heavy atom. The molecule has 3 rings (SSSR count). The highest BCUT2D eigenvalue weighted by Gasteiger charge is 2.12. The lowest BCUT2D eigenvalue weighted by molar-refractivity contribution is 0.0940. The zero-order valence-corrected chi connectivity index (χ0v) is 17.9. The Morgan fingerprint density at radius 1 is 0.867 bits per heavy atom. The monoisotopic (exact) mass is 422 g/mol. The van der Waals surface area contributed by atoms with Gasteiger partial charge in [-0.05, 0) is 47.7 Å². The van der Waals surface area contributed by atoms with Gasteiger partial charge in [-0.1, -0.05) is 66.7 Å². The Kier molecular flexibility index (Phi) is 7.03. The summed E-state index contributed by atoms with van der Waals surface area (Å²) in [6, 6.07) is 25.4. The van der Waals surface area contributed by atoms with Gasteiger partial charge >= 0.3 is 0 Å². The van der Waals surface area contributed by atoms with E-state index in [0.29, 0.717) is 18.5 Å². The number of amides is 1. The minimum absolute atomic E-state index is 0.124. The molecule has 156 valence electrons. The molecule has 0 fully saturated rings. The molecule has 0 saturated carbocycles. The summed E-state index contributed by atoms with van der Waals surface area (Å²) in [5, 5.41) is 3.02. The van der Waals surface area contributed by atoms with Gasteiger partial charge in [0, 0.05) is 12.1 Å². The lowest BCUT2D eigenvalue weighted by Gasteiger charge is -2.15. The molecule has 1 atom stereocenters. The summed E-state index contributed by atoms with van der Waals surface area (Å²) >= 11 is 0. The number of hydrogen-bond acceptors (Lipinski definition) is 3. The minimum atomic E-state index is -3.19. The van der Waals surface area contributed by atoms with Gasteiger partial charge in [-0.25, -0.2) is 13.1 Å². The van der Waals surface area contributed by atoms with E-state index in [1.165, 1.54) is 0 Å². The van der Waals surface area contributed by atoms with E-state index in [0.717, 1.165) is 28.5 Å². The first-order valence-corrected chi connectivity index (χ1v) is 11.7. The SMILES string of the molecule is C[C@@H](NC(=O)c1ccc(CCNS(C)(=O)=O)cc1)c1ccc(-c2ccccc2)cc1. The van der Waals surface area contributed by atoms with Crippen molar-refractivity contribution in [1.82, 2.24) is 10.0 Å². The van der Waals surface area contributed by atoms with Gasteiger partial charge in [0.1, 0.15) is 0 Å². The number of sulfonamides is 1. The average Bonchev–Trinajstić information content (AvgIpc) is 2.74. The van der Waals surface area contributed by atoms with E-state index in [9.17, 15) is 13.2 Å². The van der Waals surface area contributed by atoms with Crippen molar-refractivity contribution in [2.75, 3.05) is 12.8 Å². The maximum atomic E-state index is 12.6. The summed E-state index contributed by atoms with van der Waals surface area (Å²) in [5.41, 5.74) is 4.87. The molecule has 1 amide bonds. The second-order valence-corrected chi connectivity index (χ2v) is 9.13. The highest BCUT2D eigenvalue weighted by atomic mass is 32.2. The molecule has 0 aliphatic carbocycles. The van der Waals surface area contributed by atoms with E-state index in [1.807, 2.05) is 49.4 Å². The molecule has 2 N–H and O–H groups in total. The van der Waals surface area contributed by atoms with Crippen LogP contribution in [0.4, 0.5) is 0 Å². The zero-order valence-electron chi connectivity index (χ0n) is 17.1. The topological polar surface area (TPSA) is 75.3 Å². The summed E-state index contributed by atoms with van der Waals surface area (Å²) in [5.74, 6) is -0.143. The van der Waals surface area contributed by atoms with Gasteiger partial charge in [0.25, 0.3) is 5.91 Å². The number of benzene rings is 3. The van der Waals surface area contributed by atoms with Gasteiger partial charge < -0.3 is 5.32 Å². The summed E-state index contributed by atoms with van der Waals surface area (Å²) in [4.78, 5) is 12.6. The van der Waals surface area contributed by atoms with Crippen molar-refractivity contribution < 1.29 is 13.2 Å². The molecular weight excluding hydrogens is 396 g/mol. The molecule has 3 aromatic rings. The van der Waals surface area contributed by atoms with Gasteiger partial charge in [0.2, 0.25) is 10.0 Å². The third-order valence-electron chi connectivity index (χ3n) is 4.86. The minimum Gasteiger partial charge on any atom is -0.346 e. The van der Waals surface area contributed by atoms with Crippen LogP contribution in [-0.4, -0.2) is 27.1 Å². The molecule has 0 aliphatic rings. The van der Waals surface area contributed by atoms with Gasteiger partial charge in [0.05, 0.1) is 12.3 Å². The number of nitrogens with one attached hydrogen (secondary N) is 2. The molecule has 0 radical (unpaired) electrons. The second kappa shape index (κ2) is 9.69. The van der Waals surface area contributed by atoms with E-state index in [-0.39, 0.29) is 11.9 Å². The Balaban J connectivity index is 1.57. The Bertz CT molecular complexity index is 1080. The molecule has 0 aromatic heterocycles. The van der Waals surface area contributed by atoms with Crippen molar-refractivity contribution >= 4 is 15.9 Å². The van der Waals surface area contributed by atoms with E-state index >= 15 is 0 Å². The quantitative estimate of drug-likeness (QED) is 0.577. The largest absolute Gasteiger partial charge is 0.346 e. The van der Waals surface area contributed by atoms with Crippen molar-refractivity contribution in [1.29, 1.82) is 0 Å². The van der Waals surface area contributed by atoms with E-state index < -0.39 is 10.0 Å². The predicted molar refractivity (Wildman–Crippen MR) is 121 cm³/mol. The fourth-order valence-electron chi connectivity index (χ4n) is 3.16. The fraction of sp³-hybridized carbons (Fsp3) is 0.208. The average molecular weight is 423 g/mol. The van der Waals surface area contributed by atoms with Crippen molar-refractivity contribution in [2.45, 2.75) is 19.4 Å². The van der Waals surface area contributed by atoms with Gasteiger partial charge in [-0.15, -0.1) is 0 Å². The van der Waals surface area contributed by atoms with Crippen LogP contribution in [0.3, 0.4) is 0 Å². The second-order valence-electron chi connectivity index (χ2n) is 7.30. The van der Waals surface area contributed by atoms with Crippen molar-refractivity contribution in [2.24, 2.45) is 0 Å². The van der Waals surface area contributed by atoms with E-state index in [1.54, 1.807) is 12.1 Å². The Labute approximate surface area is 178 Å². The van der Waals surface area contributed by atoms with Crippen LogP contribution in [0.1, 0.15) is 34.5 Å². The van der Waals surface area contributed by atoms with Crippen molar-refractivity contribution in [3.05, 3.63) is 95.6 Å². The molecule has 0 spiro atoms. The first-order valence-electron chi connectivity index (χ1n) is 9.82. The molecule has 5 nitrogen and oxygen atoms in total. The maximum Gasteiger partial charge on any atom is 0.251 e. The van der Waals surface area contributed by atoms with E-state index in [4.69, 9.17) is 0 Å². The van der Waals surface area contributed by atoms with Crippen LogP contribution >= 0.6 is 0 Å². The Hall–Kier alpha value is -2.96. The van der Waals surface area contributed by atoms with Gasteiger partial charge in [0.15, 0.2) is 0 Å².